The van der Waals surface area contributed by atoms with E-state index in [-0.39, 0.29) is 11.3 Å². The Balaban J connectivity index is 1.64. The van der Waals surface area contributed by atoms with Gasteiger partial charge in [0.25, 0.3) is 5.91 Å². The number of carbonyl (C=O) groups is 1. The average Bonchev–Trinajstić information content (AvgIpc) is 3.15. The molecule has 154 valence electrons. The molecule has 8 nitrogen and oxygen atoms in total. The van der Waals surface area contributed by atoms with Gasteiger partial charge in [-0.15, -0.1) is 13.2 Å². The number of azide groups is 1. The monoisotopic (exact) mass is 420 g/mol. The van der Waals surface area contributed by atoms with Crippen LogP contribution >= 0.6 is 0 Å². The van der Waals surface area contributed by atoms with Gasteiger partial charge >= 0.3 is 6.36 Å². The molecule has 0 fully saturated rings. The zero-order valence-electron chi connectivity index (χ0n) is 15.0. The molecule has 0 saturated carbocycles. The molecule has 0 N–H and O–H groups in total. The Kier molecular flexibility index (Phi) is 5.98. The van der Waals surface area contributed by atoms with Crippen molar-refractivity contribution in [3.63, 3.8) is 0 Å². The van der Waals surface area contributed by atoms with E-state index in [1.807, 2.05) is 0 Å². The van der Waals surface area contributed by atoms with E-state index in [2.05, 4.69) is 24.8 Å². The molecule has 30 heavy (non-hydrogen) atoms. The minimum Gasteiger partial charge on any atom is -0.406 e. The molecule has 3 aromatic rings. The van der Waals surface area contributed by atoms with Crippen molar-refractivity contribution in [1.29, 1.82) is 0 Å². The van der Waals surface area contributed by atoms with Gasteiger partial charge in [-0.25, -0.2) is 14.1 Å². The summed E-state index contributed by atoms with van der Waals surface area (Å²) in [6, 6.07) is 9.04. The number of aromatic nitrogens is 3. The lowest BCUT2D eigenvalue weighted by Crippen LogP contribution is -2.17. The molecule has 1 aromatic heterocycles. The summed E-state index contributed by atoms with van der Waals surface area (Å²) in [5.41, 5.74) is 8.98. The fraction of sp³-hybridized carbons (Fsp3) is 0.167. The molecule has 0 saturated heterocycles. The summed E-state index contributed by atoms with van der Waals surface area (Å²) in [5, 5.41) is 7.08. The van der Waals surface area contributed by atoms with Gasteiger partial charge < -0.3 is 4.74 Å². The largest absolute Gasteiger partial charge is 0.573 e. The van der Waals surface area contributed by atoms with Crippen molar-refractivity contribution in [2.24, 2.45) is 5.11 Å². The highest BCUT2D eigenvalue weighted by atomic mass is 19.4. The summed E-state index contributed by atoms with van der Waals surface area (Å²) in [4.78, 5) is 17.9. The van der Waals surface area contributed by atoms with Crippen LogP contribution in [-0.2, 0) is 12.8 Å². The normalized spacial score (nSPS) is 11.1. The Morgan fingerprint density at radius 2 is 1.90 bits per heavy atom. The number of hydrogen-bond donors (Lipinski definition) is 0. The molecule has 0 spiro atoms. The molecule has 3 rings (SSSR count). The number of ether oxygens (including phenoxy) is 1. The van der Waals surface area contributed by atoms with E-state index in [1.54, 1.807) is 0 Å². The number of nitrogens with zero attached hydrogens (tertiary/aromatic N) is 6. The van der Waals surface area contributed by atoms with E-state index in [4.69, 9.17) is 5.53 Å². The van der Waals surface area contributed by atoms with Crippen LogP contribution in [0.15, 0.2) is 53.9 Å². The van der Waals surface area contributed by atoms with Crippen LogP contribution in [0.5, 0.6) is 5.75 Å². The first-order valence-electron chi connectivity index (χ1n) is 8.40. The number of aryl methyl sites for hydroxylation is 2. The smallest absolute Gasteiger partial charge is 0.406 e. The third kappa shape index (κ3) is 5.32. The van der Waals surface area contributed by atoms with Gasteiger partial charge in [-0.3, -0.25) is 4.79 Å². The van der Waals surface area contributed by atoms with E-state index in [0.29, 0.717) is 29.9 Å². The second-order valence-electron chi connectivity index (χ2n) is 5.96. The molecule has 2 aromatic carbocycles. The third-order valence-corrected chi connectivity index (χ3v) is 3.91. The SMILES string of the molecule is [N-]=[N+]=NC(=O)c1ccc(CCc2ncn(-c3ccc(OC(F)(F)F)cc3)n2)cc1F. The van der Waals surface area contributed by atoms with Crippen molar-refractivity contribution in [2.45, 2.75) is 19.2 Å². The highest BCUT2D eigenvalue weighted by molar-refractivity contribution is 5.95. The van der Waals surface area contributed by atoms with Crippen LogP contribution in [-0.4, -0.2) is 27.0 Å². The number of alkyl halides is 3. The third-order valence-electron chi connectivity index (χ3n) is 3.91. The van der Waals surface area contributed by atoms with Crippen LogP contribution in [0.25, 0.3) is 16.1 Å². The van der Waals surface area contributed by atoms with Gasteiger partial charge in [0.2, 0.25) is 0 Å². The first-order chi connectivity index (χ1) is 14.2. The lowest BCUT2D eigenvalue weighted by Gasteiger charge is -2.09. The van der Waals surface area contributed by atoms with E-state index in [1.165, 1.54) is 35.3 Å². The zero-order chi connectivity index (χ0) is 21.7. The van der Waals surface area contributed by atoms with E-state index in [9.17, 15) is 22.4 Å². The maximum Gasteiger partial charge on any atom is 0.573 e. The molecule has 0 aliphatic heterocycles. The highest BCUT2D eigenvalue weighted by Gasteiger charge is 2.31. The van der Waals surface area contributed by atoms with Gasteiger partial charge in [-0.05, 0) is 59.0 Å². The Morgan fingerprint density at radius 1 is 1.17 bits per heavy atom. The lowest BCUT2D eigenvalue weighted by molar-refractivity contribution is -0.274. The van der Waals surface area contributed by atoms with Gasteiger partial charge in [-0.1, -0.05) is 6.07 Å². The summed E-state index contributed by atoms with van der Waals surface area (Å²) >= 11 is 0. The van der Waals surface area contributed by atoms with E-state index < -0.39 is 18.1 Å². The molecule has 1 amide bonds. The maximum absolute atomic E-state index is 14.0. The maximum atomic E-state index is 14.0. The fourth-order valence-corrected chi connectivity index (χ4v) is 2.58. The van der Waals surface area contributed by atoms with E-state index in [0.717, 1.165) is 18.2 Å². The van der Waals surface area contributed by atoms with Crippen molar-refractivity contribution < 1.29 is 27.1 Å². The van der Waals surface area contributed by atoms with Crippen LogP contribution in [0.1, 0.15) is 21.7 Å². The zero-order valence-corrected chi connectivity index (χ0v) is 15.0. The van der Waals surface area contributed by atoms with Crippen LogP contribution in [0.4, 0.5) is 17.6 Å². The molecule has 12 heteroatoms. The van der Waals surface area contributed by atoms with Crippen LogP contribution in [0.3, 0.4) is 0 Å². The number of carbonyl (C=O) groups excluding carboxylic acids is 1. The lowest BCUT2D eigenvalue weighted by atomic mass is 10.1. The Labute approximate surface area is 166 Å². The second-order valence-corrected chi connectivity index (χ2v) is 5.96. The van der Waals surface area contributed by atoms with Crippen molar-refractivity contribution >= 4 is 5.91 Å². The first kappa shape index (κ1) is 20.8. The fourth-order valence-electron chi connectivity index (χ4n) is 2.58. The molecular weight excluding hydrogens is 408 g/mol. The quantitative estimate of drug-likeness (QED) is 0.253. The summed E-state index contributed by atoms with van der Waals surface area (Å²) in [7, 11) is 0. The van der Waals surface area contributed by atoms with Crippen molar-refractivity contribution in [1.82, 2.24) is 14.8 Å². The van der Waals surface area contributed by atoms with Crippen LogP contribution in [0.2, 0.25) is 0 Å². The number of rotatable bonds is 6. The number of hydrogen-bond acceptors (Lipinski definition) is 4. The standard InChI is InChI=1S/C18H12F4N6O2/c19-15-9-11(1-7-14(15)17(29)25-27-23)2-8-16-24-10-28(26-16)12-3-5-13(6-4-12)30-18(20,21)22/h1,3-7,9-10H,2,8H2. The number of amides is 1. The molecule has 1 heterocycles. The topological polar surface area (TPSA) is 106 Å². The molecule has 0 aliphatic rings. The molecule has 0 aliphatic carbocycles. The summed E-state index contributed by atoms with van der Waals surface area (Å²) in [5.74, 6) is -1.73. The van der Waals surface area contributed by atoms with Gasteiger partial charge in [0.15, 0.2) is 5.82 Å². The van der Waals surface area contributed by atoms with Gasteiger partial charge in [-0.2, -0.15) is 5.10 Å². The Hall–Kier alpha value is -3.92. The molecule has 0 radical (unpaired) electrons. The average molecular weight is 420 g/mol. The molecule has 0 atom stereocenters. The predicted molar refractivity (Wildman–Crippen MR) is 95.3 cm³/mol. The van der Waals surface area contributed by atoms with Gasteiger partial charge in [0.05, 0.1) is 11.3 Å². The first-order valence-corrected chi connectivity index (χ1v) is 8.40. The van der Waals surface area contributed by atoms with Crippen molar-refractivity contribution in [2.75, 3.05) is 0 Å². The number of halogens is 4. The molecule has 0 unspecified atom stereocenters. The Bertz CT molecular complexity index is 1100. The Morgan fingerprint density at radius 3 is 2.53 bits per heavy atom. The van der Waals surface area contributed by atoms with Crippen molar-refractivity contribution in [3.05, 3.63) is 82.0 Å². The summed E-state index contributed by atoms with van der Waals surface area (Å²) in [6.07, 6.45) is -2.65. The van der Waals surface area contributed by atoms with Crippen molar-refractivity contribution in [3.8, 4) is 11.4 Å². The number of benzene rings is 2. The van der Waals surface area contributed by atoms with E-state index >= 15 is 0 Å². The van der Waals surface area contributed by atoms with Crippen LogP contribution in [0, 0.1) is 5.82 Å². The summed E-state index contributed by atoms with van der Waals surface area (Å²) in [6.45, 7) is 0. The van der Waals surface area contributed by atoms with Gasteiger partial charge in [0.1, 0.15) is 17.9 Å². The second kappa shape index (κ2) is 8.62. The van der Waals surface area contributed by atoms with Crippen LogP contribution < -0.4 is 4.74 Å². The minimum absolute atomic E-state index is 0.322. The summed E-state index contributed by atoms with van der Waals surface area (Å²) < 4.78 is 55.8. The van der Waals surface area contributed by atoms with Gasteiger partial charge in [0, 0.05) is 11.3 Å². The highest BCUT2D eigenvalue weighted by Crippen LogP contribution is 2.23. The predicted octanol–water partition coefficient (Wildman–Crippen LogP) is 4.54. The minimum atomic E-state index is -4.77. The molecule has 0 bridgehead atoms. The molecular formula is C18H12F4N6O2.